The molecule has 126 valence electrons. The molecule has 0 amide bonds. The summed E-state index contributed by atoms with van der Waals surface area (Å²) >= 11 is 0. The zero-order valence-corrected chi connectivity index (χ0v) is 13.3. The van der Waals surface area contributed by atoms with Crippen LogP contribution in [0.4, 0.5) is 13.2 Å². The van der Waals surface area contributed by atoms with Crippen molar-refractivity contribution in [2.45, 2.75) is 18.5 Å². The number of halogens is 3. The highest BCUT2D eigenvalue weighted by Gasteiger charge is 2.38. The van der Waals surface area contributed by atoms with Crippen LogP contribution in [0.3, 0.4) is 0 Å². The monoisotopic (exact) mass is 340 g/mol. The normalized spacial score (nSPS) is 17.3. The van der Waals surface area contributed by atoms with Gasteiger partial charge in [-0.2, -0.15) is 13.2 Å². The zero-order valence-electron chi connectivity index (χ0n) is 13.3. The van der Waals surface area contributed by atoms with Crippen LogP contribution < -0.4 is 0 Å². The first-order valence-corrected chi connectivity index (χ1v) is 7.81. The molecule has 2 aromatic carbocycles. The molecule has 1 aliphatic heterocycles. The molecule has 1 aliphatic rings. The summed E-state index contributed by atoms with van der Waals surface area (Å²) in [5.74, 6) is 4.12. The van der Waals surface area contributed by atoms with Crippen LogP contribution in [0.2, 0.25) is 0 Å². The Labute approximate surface area is 144 Å². The maximum absolute atomic E-state index is 13.3. The minimum atomic E-state index is -4.56. The summed E-state index contributed by atoms with van der Waals surface area (Å²) in [5, 5.41) is 0. The topological polar surface area (TPSA) is 9.23 Å². The Morgan fingerprint density at radius 1 is 0.880 bits per heavy atom. The van der Waals surface area contributed by atoms with Crippen molar-refractivity contribution in [3.05, 3.63) is 95.5 Å². The number of allylic oxidation sites excluding steroid dienone is 4. The molecule has 4 heteroatoms. The SMILES string of the molecule is FC(F)(F)C1=CC(c2ccccc2)CC=C(C#Cc2ccccc2)O1. The van der Waals surface area contributed by atoms with Gasteiger partial charge in [0.15, 0.2) is 5.76 Å². The molecule has 0 aliphatic carbocycles. The van der Waals surface area contributed by atoms with Gasteiger partial charge in [-0.25, -0.2) is 0 Å². The van der Waals surface area contributed by atoms with E-state index in [1.807, 2.05) is 48.5 Å². The summed E-state index contributed by atoms with van der Waals surface area (Å²) in [6, 6.07) is 18.1. The number of ether oxygens (including phenoxy) is 1. The fourth-order valence-corrected chi connectivity index (χ4v) is 2.50. The molecule has 0 saturated carbocycles. The van der Waals surface area contributed by atoms with E-state index in [0.29, 0.717) is 12.0 Å². The van der Waals surface area contributed by atoms with E-state index in [1.165, 1.54) is 0 Å². The summed E-state index contributed by atoms with van der Waals surface area (Å²) in [6.45, 7) is 0. The fourth-order valence-electron chi connectivity index (χ4n) is 2.50. The average Bonchev–Trinajstić information content (AvgIpc) is 2.84. The number of alkyl halides is 3. The Kier molecular flexibility index (Phi) is 4.95. The van der Waals surface area contributed by atoms with Gasteiger partial charge < -0.3 is 4.74 Å². The highest BCUT2D eigenvalue weighted by molar-refractivity contribution is 5.40. The summed E-state index contributed by atoms with van der Waals surface area (Å²) in [4.78, 5) is 0. The highest BCUT2D eigenvalue weighted by atomic mass is 19.4. The first-order chi connectivity index (χ1) is 12.0. The van der Waals surface area contributed by atoms with Crippen LogP contribution in [0.5, 0.6) is 0 Å². The number of hydrogen-bond acceptors (Lipinski definition) is 1. The van der Waals surface area contributed by atoms with Gasteiger partial charge in [0.25, 0.3) is 0 Å². The third-order valence-corrected chi connectivity index (χ3v) is 3.74. The van der Waals surface area contributed by atoms with Crippen LogP contribution in [-0.4, -0.2) is 6.18 Å². The zero-order chi connectivity index (χ0) is 17.7. The summed E-state index contributed by atoms with van der Waals surface area (Å²) in [5.41, 5.74) is 1.52. The average molecular weight is 340 g/mol. The van der Waals surface area contributed by atoms with E-state index in [-0.39, 0.29) is 5.76 Å². The van der Waals surface area contributed by atoms with Gasteiger partial charge in [0.05, 0.1) is 0 Å². The van der Waals surface area contributed by atoms with Crippen molar-refractivity contribution in [3.63, 3.8) is 0 Å². The van der Waals surface area contributed by atoms with Crippen molar-refractivity contribution >= 4 is 0 Å². The van der Waals surface area contributed by atoms with Crippen molar-refractivity contribution in [1.82, 2.24) is 0 Å². The van der Waals surface area contributed by atoms with Crippen LogP contribution in [0.1, 0.15) is 23.5 Å². The van der Waals surface area contributed by atoms with Crippen molar-refractivity contribution in [3.8, 4) is 11.8 Å². The maximum Gasteiger partial charge on any atom is 0.449 e. The molecule has 1 nitrogen and oxygen atoms in total. The van der Waals surface area contributed by atoms with Gasteiger partial charge in [0.1, 0.15) is 0 Å². The first kappa shape index (κ1) is 16.9. The van der Waals surface area contributed by atoms with Crippen molar-refractivity contribution in [1.29, 1.82) is 0 Å². The van der Waals surface area contributed by atoms with E-state index in [9.17, 15) is 13.2 Å². The van der Waals surface area contributed by atoms with Gasteiger partial charge in [0.2, 0.25) is 5.76 Å². The van der Waals surface area contributed by atoms with Gasteiger partial charge in [-0.3, -0.25) is 0 Å². The van der Waals surface area contributed by atoms with Crippen LogP contribution in [0.25, 0.3) is 0 Å². The third kappa shape index (κ3) is 4.54. The lowest BCUT2D eigenvalue weighted by molar-refractivity contribution is -0.123. The summed E-state index contributed by atoms with van der Waals surface area (Å²) < 4.78 is 44.9. The minimum Gasteiger partial charge on any atom is -0.444 e. The molecule has 25 heavy (non-hydrogen) atoms. The Bertz CT molecular complexity index is 837. The molecular weight excluding hydrogens is 325 g/mol. The van der Waals surface area contributed by atoms with E-state index in [0.717, 1.165) is 11.6 Å². The van der Waals surface area contributed by atoms with Crippen LogP contribution in [0.15, 0.2) is 84.3 Å². The molecule has 0 fully saturated rings. The van der Waals surface area contributed by atoms with Gasteiger partial charge >= 0.3 is 6.18 Å². The Balaban J connectivity index is 1.92. The van der Waals surface area contributed by atoms with Gasteiger partial charge in [-0.1, -0.05) is 54.5 Å². The summed E-state index contributed by atoms with van der Waals surface area (Å²) in [6.07, 6.45) is -1.43. The molecule has 0 spiro atoms. The molecule has 1 unspecified atom stereocenters. The van der Waals surface area contributed by atoms with E-state index in [4.69, 9.17) is 4.74 Å². The number of hydrogen-bond donors (Lipinski definition) is 0. The van der Waals surface area contributed by atoms with Crippen LogP contribution in [0, 0.1) is 11.8 Å². The largest absolute Gasteiger partial charge is 0.449 e. The number of benzene rings is 2. The summed E-state index contributed by atoms with van der Waals surface area (Å²) in [7, 11) is 0. The van der Waals surface area contributed by atoms with E-state index in [1.54, 1.807) is 18.2 Å². The predicted molar refractivity (Wildman–Crippen MR) is 90.4 cm³/mol. The predicted octanol–water partition coefficient (Wildman–Crippen LogP) is 5.57. The van der Waals surface area contributed by atoms with E-state index < -0.39 is 17.9 Å². The lowest BCUT2D eigenvalue weighted by Crippen LogP contribution is -2.14. The molecule has 0 aromatic heterocycles. The van der Waals surface area contributed by atoms with Gasteiger partial charge in [0, 0.05) is 11.5 Å². The van der Waals surface area contributed by atoms with Gasteiger partial charge in [-0.15, -0.1) is 0 Å². The van der Waals surface area contributed by atoms with Gasteiger partial charge in [-0.05, 0) is 42.2 Å². The molecule has 1 heterocycles. The molecular formula is C21H15F3O. The van der Waals surface area contributed by atoms with Crippen LogP contribution >= 0.6 is 0 Å². The van der Waals surface area contributed by atoms with E-state index >= 15 is 0 Å². The quantitative estimate of drug-likeness (QED) is 0.617. The molecule has 0 radical (unpaired) electrons. The van der Waals surface area contributed by atoms with Crippen molar-refractivity contribution in [2.75, 3.05) is 0 Å². The lowest BCUT2D eigenvalue weighted by atomic mass is 9.95. The van der Waals surface area contributed by atoms with Crippen molar-refractivity contribution < 1.29 is 17.9 Å². The van der Waals surface area contributed by atoms with Crippen LogP contribution in [-0.2, 0) is 4.74 Å². The van der Waals surface area contributed by atoms with E-state index in [2.05, 4.69) is 11.8 Å². The van der Waals surface area contributed by atoms with Crippen molar-refractivity contribution in [2.24, 2.45) is 0 Å². The second kappa shape index (κ2) is 7.31. The Hall–Kier alpha value is -2.93. The number of rotatable bonds is 1. The minimum absolute atomic E-state index is 0.0193. The lowest BCUT2D eigenvalue weighted by Gasteiger charge is -2.13. The highest BCUT2D eigenvalue weighted by Crippen LogP contribution is 2.35. The standard InChI is InChI=1S/C21H15F3O/c22-21(23,24)20-15-18(17-9-5-2-6-10-17)12-14-19(25-20)13-11-16-7-3-1-4-8-16/h1-10,14-15,18H,12H2. The molecule has 2 aromatic rings. The fraction of sp³-hybridized carbons (Fsp3) is 0.143. The first-order valence-electron chi connectivity index (χ1n) is 7.81. The molecule has 1 atom stereocenters. The molecule has 0 N–H and O–H groups in total. The molecule has 0 saturated heterocycles. The Morgan fingerprint density at radius 3 is 2.16 bits per heavy atom. The second-order valence-electron chi connectivity index (χ2n) is 5.57. The maximum atomic E-state index is 13.3. The smallest absolute Gasteiger partial charge is 0.444 e. The second-order valence-corrected chi connectivity index (χ2v) is 5.57. The Morgan fingerprint density at radius 2 is 1.52 bits per heavy atom. The molecule has 0 bridgehead atoms. The molecule has 3 rings (SSSR count). The third-order valence-electron chi connectivity index (χ3n) is 3.74.